The molecule has 0 saturated carbocycles. The molecule has 0 aliphatic carbocycles. The van der Waals surface area contributed by atoms with Gasteiger partial charge in [-0.2, -0.15) is 0 Å². The van der Waals surface area contributed by atoms with Crippen LogP contribution < -0.4 is 5.73 Å². The minimum atomic E-state index is 0.207. The Morgan fingerprint density at radius 2 is 2.28 bits per heavy atom. The van der Waals surface area contributed by atoms with Gasteiger partial charge in [0.05, 0.1) is 10.7 Å². The van der Waals surface area contributed by atoms with Crippen LogP contribution in [0, 0.1) is 0 Å². The molecule has 1 saturated heterocycles. The van der Waals surface area contributed by atoms with Gasteiger partial charge in [0, 0.05) is 36.3 Å². The average molecular weight is 267 g/mol. The standard InChI is InChI=1S/C14H25N3S/c1-10(2)17-6-4-5-12(8-17)14-16-13(9-18-14)7-11(3)15/h9-12H,4-8,15H2,1-3H3. The molecule has 0 aromatic carbocycles. The monoisotopic (exact) mass is 267 g/mol. The number of thiazole rings is 1. The smallest absolute Gasteiger partial charge is 0.0972 e. The van der Waals surface area contributed by atoms with E-state index in [-0.39, 0.29) is 6.04 Å². The summed E-state index contributed by atoms with van der Waals surface area (Å²) in [6.45, 7) is 9.02. The number of likely N-dealkylation sites (tertiary alicyclic amines) is 1. The molecular formula is C14H25N3S. The maximum Gasteiger partial charge on any atom is 0.0972 e. The van der Waals surface area contributed by atoms with Crippen molar-refractivity contribution in [3.63, 3.8) is 0 Å². The summed E-state index contributed by atoms with van der Waals surface area (Å²) < 4.78 is 0. The molecule has 18 heavy (non-hydrogen) atoms. The molecular weight excluding hydrogens is 242 g/mol. The van der Waals surface area contributed by atoms with E-state index >= 15 is 0 Å². The van der Waals surface area contributed by atoms with Crippen molar-refractivity contribution in [3.05, 3.63) is 16.1 Å². The van der Waals surface area contributed by atoms with Gasteiger partial charge in [-0.15, -0.1) is 11.3 Å². The van der Waals surface area contributed by atoms with Gasteiger partial charge >= 0.3 is 0 Å². The second-order valence-corrected chi connectivity index (χ2v) is 6.68. The Hall–Kier alpha value is -0.450. The number of aromatic nitrogens is 1. The van der Waals surface area contributed by atoms with Crippen molar-refractivity contribution in [2.45, 2.75) is 58.0 Å². The molecule has 1 aromatic rings. The van der Waals surface area contributed by atoms with Gasteiger partial charge in [0.25, 0.3) is 0 Å². The van der Waals surface area contributed by atoms with Crippen molar-refractivity contribution in [3.8, 4) is 0 Å². The summed E-state index contributed by atoms with van der Waals surface area (Å²) in [7, 11) is 0. The molecule has 2 rings (SSSR count). The maximum absolute atomic E-state index is 5.83. The molecule has 2 atom stereocenters. The molecule has 1 fully saturated rings. The molecule has 2 heterocycles. The summed E-state index contributed by atoms with van der Waals surface area (Å²) in [5, 5.41) is 3.50. The van der Waals surface area contributed by atoms with Crippen LogP contribution in [0.15, 0.2) is 5.38 Å². The van der Waals surface area contributed by atoms with Crippen LogP contribution in [-0.4, -0.2) is 35.1 Å². The van der Waals surface area contributed by atoms with Gasteiger partial charge in [-0.1, -0.05) is 0 Å². The molecule has 1 aliphatic heterocycles. The zero-order valence-corrected chi connectivity index (χ0v) is 12.5. The van der Waals surface area contributed by atoms with E-state index in [9.17, 15) is 0 Å². The molecule has 0 radical (unpaired) electrons. The Morgan fingerprint density at radius 3 is 2.94 bits per heavy atom. The van der Waals surface area contributed by atoms with Crippen LogP contribution in [0.3, 0.4) is 0 Å². The second kappa shape index (κ2) is 6.13. The van der Waals surface area contributed by atoms with Gasteiger partial charge in [-0.25, -0.2) is 4.98 Å². The van der Waals surface area contributed by atoms with Gasteiger partial charge in [-0.05, 0) is 40.2 Å². The van der Waals surface area contributed by atoms with E-state index in [0.29, 0.717) is 12.0 Å². The van der Waals surface area contributed by atoms with Crippen LogP contribution in [0.25, 0.3) is 0 Å². The predicted octanol–water partition coefficient (Wildman–Crippen LogP) is 2.62. The van der Waals surface area contributed by atoms with Gasteiger partial charge < -0.3 is 10.6 Å². The highest BCUT2D eigenvalue weighted by molar-refractivity contribution is 7.09. The topological polar surface area (TPSA) is 42.1 Å². The summed E-state index contributed by atoms with van der Waals surface area (Å²) in [5.74, 6) is 0.632. The van der Waals surface area contributed by atoms with Gasteiger partial charge in [0.2, 0.25) is 0 Å². The van der Waals surface area contributed by atoms with Crippen molar-refractivity contribution in [2.24, 2.45) is 5.73 Å². The van der Waals surface area contributed by atoms with Crippen LogP contribution in [-0.2, 0) is 6.42 Å². The first-order chi connectivity index (χ1) is 8.56. The Kier molecular flexibility index (Phi) is 4.76. The number of hydrogen-bond acceptors (Lipinski definition) is 4. The molecule has 3 nitrogen and oxygen atoms in total. The predicted molar refractivity (Wildman–Crippen MR) is 78.2 cm³/mol. The first kappa shape index (κ1) is 14.0. The molecule has 0 amide bonds. The van der Waals surface area contributed by atoms with Crippen molar-refractivity contribution in [1.82, 2.24) is 9.88 Å². The Balaban J connectivity index is 2.00. The minimum Gasteiger partial charge on any atom is -0.328 e. The summed E-state index contributed by atoms with van der Waals surface area (Å²) >= 11 is 1.82. The molecule has 4 heteroatoms. The highest BCUT2D eigenvalue weighted by Crippen LogP contribution is 2.30. The number of rotatable bonds is 4. The molecule has 1 aliphatic rings. The lowest BCUT2D eigenvalue weighted by Gasteiger charge is -2.34. The third-order valence-corrected chi connectivity index (χ3v) is 4.69. The highest BCUT2D eigenvalue weighted by atomic mass is 32.1. The fourth-order valence-electron chi connectivity index (χ4n) is 2.61. The van der Waals surface area contributed by atoms with Crippen molar-refractivity contribution in [1.29, 1.82) is 0 Å². The van der Waals surface area contributed by atoms with Crippen LogP contribution in [0.5, 0.6) is 0 Å². The quantitative estimate of drug-likeness (QED) is 0.912. The summed E-state index contributed by atoms with van der Waals surface area (Å²) in [5.41, 5.74) is 7.00. The van der Waals surface area contributed by atoms with Crippen LogP contribution in [0.4, 0.5) is 0 Å². The van der Waals surface area contributed by atoms with Crippen molar-refractivity contribution < 1.29 is 0 Å². The fourth-order valence-corrected chi connectivity index (χ4v) is 3.57. The first-order valence-electron chi connectivity index (χ1n) is 7.00. The summed E-state index contributed by atoms with van der Waals surface area (Å²) in [4.78, 5) is 7.35. The third kappa shape index (κ3) is 3.53. The Bertz CT molecular complexity index is 373. The van der Waals surface area contributed by atoms with E-state index in [0.717, 1.165) is 6.42 Å². The number of nitrogens with two attached hydrogens (primary N) is 1. The first-order valence-corrected chi connectivity index (χ1v) is 7.88. The van der Waals surface area contributed by atoms with E-state index in [1.54, 1.807) is 0 Å². The zero-order chi connectivity index (χ0) is 13.1. The molecule has 2 N–H and O–H groups in total. The normalized spacial score (nSPS) is 23.5. The number of nitrogens with zero attached hydrogens (tertiary/aromatic N) is 2. The number of hydrogen-bond donors (Lipinski definition) is 1. The van der Waals surface area contributed by atoms with E-state index in [1.165, 1.54) is 36.6 Å². The molecule has 0 bridgehead atoms. The van der Waals surface area contributed by atoms with Crippen LogP contribution in [0.1, 0.15) is 50.2 Å². The Labute approximate surface area is 114 Å². The van der Waals surface area contributed by atoms with Crippen molar-refractivity contribution in [2.75, 3.05) is 13.1 Å². The van der Waals surface area contributed by atoms with Gasteiger partial charge in [0.15, 0.2) is 0 Å². The lowest BCUT2D eigenvalue weighted by atomic mass is 9.97. The molecule has 1 aromatic heterocycles. The third-order valence-electron chi connectivity index (χ3n) is 3.63. The summed E-state index contributed by atoms with van der Waals surface area (Å²) in [6, 6.07) is 0.856. The van der Waals surface area contributed by atoms with Gasteiger partial charge in [0.1, 0.15) is 0 Å². The fraction of sp³-hybridized carbons (Fsp3) is 0.786. The zero-order valence-electron chi connectivity index (χ0n) is 11.7. The van der Waals surface area contributed by atoms with E-state index in [4.69, 9.17) is 10.7 Å². The molecule has 0 spiro atoms. The number of piperidine rings is 1. The van der Waals surface area contributed by atoms with Gasteiger partial charge in [-0.3, -0.25) is 0 Å². The maximum atomic E-state index is 5.83. The second-order valence-electron chi connectivity index (χ2n) is 5.79. The Morgan fingerprint density at radius 1 is 1.50 bits per heavy atom. The van der Waals surface area contributed by atoms with Crippen LogP contribution >= 0.6 is 11.3 Å². The lowest BCUT2D eigenvalue weighted by molar-refractivity contribution is 0.167. The van der Waals surface area contributed by atoms with E-state index in [1.807, 2.05) is 18.3 Å². The van der Waals surface area contributed by atoms with E-state index in [2.05, 4.69) is 24.1 Å². The van der Waals surface area contributed by atoms with Crippen LogP contribution in [0.2, 0.25) is 0 Å². The molecule has 2 unspecified atom stereocenters. The SMILES string of the molecule is CC(N)Cc1csc(C2CCCN(C(C)C)C2)n1. The van der Waals surface area contributed by atoms with E-state index < -0.39 is 0 Å². The highest BCUT2D eigenvalue weighted by Gasteiger charge is 2.24. The lowest BCUT2D eigenvalue weighted by Crippen LogP contribution is -2.39. The molecule has 102 valence electrons. The average Bonchev–Trinajstić information content (AvgIpc) is 2.77. The largest absolute Gasteiger partial charge is 0.328 e. The minimum absolute atomic E-state index is 0.207. The van der Waals surface area contributed by atoms with Crippen molar-refractivity contribution >= 4 is 11.3 Å². The summed E-state index contributed by atoms with van der Waals surface area (Å²) in [6.07, 6.45) is 3.48.